The molecule has 0 radical (unpaired) electrons. The van der Waals surface area contributed by atoms with Crippen LogP contribution in [0.2, 0.25) is 5.02 Å². The Hall–Kier alpha value is -3.61. The van der Waals surface area contributed by atoms with E-state index in [9.17, 15) is 4.79 Å². The van der Waals surface area contributed by atoms with Crippen molar-refractivity contribution < 1.29 is 4.79 Å². The quantitative estimate of drug-likeness (QED) is 0.236. The van der Waals surface area contributed by atoms with E-state index in [0.717, 1.165) is 39.6 Å². The van der Waals surface area contributed by atoms with Gasteiger partial charge in [0.15, 0.2) is 5.16 Å². The van der Waals surface area contributed by atoms with Gasteiger partial charge >= 0.3 is 0 Å². The van der Waals surface area contributed by atoms with E-state index in [1.807, 2.05) is 60.8 Å². The fourth-order valence-corrected chi connectivity index (χ4v) is 5.16. The first-order chi connectivity index (χ1) is 17.6. The van der Waals surface area contributed by atoms with E-state index < -0.39 is 0 Å². The van der Waals surface area contributed by atoms with Gasteiger partial charge in [-0.05, 0) is 53.4 Å². The van der Waals surface area contributed by atoms with Crippen molar-refractivity contribution in [2.75, 3.05) is 0 Å². The Kier molecular flexibility index (Phi) is 7.35. The van der Waals surface area contributed by atoms with Crippen molar-refractivity contribution in [2.24, 2.45) is 0 Å². The number of benzene rings is 3. The van der Waals surface area contributed by atoms with E-state index in [2.05, 4.69) is 46.1 Å². The van der Waals surface area contributed by atoms with Gasteiger partial charge in [0.25, 0.3) is 5.91 Å². The molecule has 2 aromatic heterocycles. The maximum atomic E-state index is 12.6. The van der Waals surface area contributed by atoms with E-state index in [1.54, 1.807) is 18.0 Å². The topological polar surface area (TPSA) is 59.8 Å². The van der Waals surface area contributed by atoms with Crippen LogP contribution in [0.15, 0.2) is 96.4 Å². The van der Waals surface area contributed by atoms with Crippen molar-refractivity contribution in [3.8, 4) is 0 Å². The number of hydrogen-bond acceptors (Lipinski definition) is 4. The van der Waals surface area contributed by atoms with Gasteiger partial charge in [0, 0.05) is 29.1 Å². The maximum Gasteiger partial charge on any atom is 0.251 e. The highest BCUT2D eigenvalue weighted by Crippen LogP contribution is 2.28. The van der Waals surface area contributed by atoms with Crippen LogP contribution in [-0.4, -0.2) is 20.4 Å². The molecule has 7 heteroatoms. The molecule has 5 aromatic rings. The van der Waals surface area contributed by atoms with Crippen LogP contribution >= 0.6 is 23.4 Å². The molecule has 1 amide bonds. The SMILES string of the molecule is Cc1ccccc1Cn1c(SCc2ccc(C(=O)NCc3ccccc3Cl)cc2)nc2ccncc21. The Morgan fingerprint density at radius 2 is 1.72 bits per heavy atom. The summed E-state index contributed by atoms with van der Waals surface area (Å²) in [5, 5.41) is 4.53. The molecule has 5 nitrogen and oxygen atoms in total. The van der Waals surface area contributed by atoms with Gasteiger partial charge < -0.3 is 9.88 Å². The second-order valence-corrected chi connectivity index (χ2v) is 9.88. The number of amides is 1. The Balaban J connectivity index is 1.27. The molecule has 0 saturated carbocycles. The first-order valence-corrected chi connectivity index (χ1v) is 13.0. The van der Waals surface area contributed by atoms with Crippen LogP contribution in [0.3, 0.4) is 0 Å². The number of aryl methyl sites for hydroxylation is 1. The highest BCUT2D eigenvalue weighted by atomic mass is 35.5. The molecule has 0 saturated heterocycles. The van der Waals surface area contributed by atoms with Gasteiger partial charge in [-0.15, -0.1) is 0 Å². The number of pyridine rings is 1. The number of carbonyl (C=O) groups is 1. The van der Waals surface area contributed by atoms with Crippen molar-refractivity contribution in [1.29, 1.82) is 0 Å². The standard InChI is InChI=1S/C29H25ClN4OS/c1-20-6-2-3-8-24(20)18-34-27-17-31-15-14-26(27)33-29(34)36-19-21-10-12-22(13-11-21)28(35)32-16-23-7-4-5-9-25(23)30/h2-15,17H,16,18-19H2,1H3,(H,32,35). The smallest absolute Gasteiger partial charge is 0.251 e. The molecule has 3 aromatic carbocycles. The van der Waals surface area contributed by atoms with Crippen molar-refractivity contribution in [3.05, 3.63) is 124 Å². The van der Waals surface area contributed by atoms with Gasteiger partial charge in [-0.25, -0.2) is 4.98 Å². The molecule has 0 unspecified atom stereocenters. The molecule has 0 spiro atoms. The summed E-state index contributed by atoms with van der Waals surface area (Å²) in [4.78, 5) is 21.8. The number of carbonyl (C=O) groups excluding carboxylic acids is 1. The number of fused-ring (bicyclic) bond motifs is 1. The molecule has 36 heavy (non-hydrogen) atoms. The Morgan fingerprint density at radius 3 is 2.50 bits per heavy atom. The average Bonchev–Trinajstić information content (AvgIpc) is 3.25. The third-order valence-electron chi connectivity index (χ3n) is 6.09. The lowest BCUT2D eigenvalue weighted by molar-refractivity contribution is 0.0951. The summed E-state index contributed by atoms with van der Waals surface area (Å²) in [5.74, 6) is 0.619. The zero-order valence-electron chi connectivity index (χ0n) is 19.8. The number of nitrogens with zero attached hydrogens (tertiary/aromatic N) is 3. The van der Waals surface area contributed by atoms with Gasteiger partial charge in [-0.2, -0.15) is 0 Å². The number of rotatable bonds is 8. The molecule has 2 heterocycles. The highest BCUT2D eigenvalue weighted by Gasteiger charge is 2.13. The third-order valence-corrected chi connectivity index (χ3v) is 7.50. The van der Waals surface area contributed by atoms with Crippen LogP contribution in [0.5, 0.6) is 0 Å². The molecule has 180 valence electrons. The van der Waals surface area contributed by atoms with Crippen molar-refractivity contribution in [2.45, 2.75) is 30.9 Å². The van der Waals surface area contributed by atoms with Crippen LogP contribution < -0.4 is 5.32 Å². The number of hydrogen-bond donors (Lipinski definition) is 1. The number of thioether (sulfide) groups is 1. The molecule has 0 bridgehead atoms. The van der Waals surface area contributed by atoms with Crippen molar-refractivity contribution in [1.82, 2.24) is 19.9 Å². The summed E-state index contributed by atoms with van der Waals surface area (Å²) in [6, 6.07) is 25.6. The maximum absolute atomic E-state index is 12.6. The summed E-state index contributed by atoms with van der Waals surface area (Å²) in [6.07, 6.45) is 3.65. The van der Waals surface area contributed by atoms with E-state index in [1.165, 1.54) is 11.1 Å². The molecular weight excluding hydrogens is 488 g/mol. The summed E-state index contributed by atoms with van der Waals surface area (Å²) in [6.45, 7) is 3.26. The molecule has 5 rings (SSSR count). The fraction of sp³-hybridized carbons (Fsp3) is 0.138. The number of nitrogens with one attached hydrogen (secondary N) is 1. The van der Waals surface area contributed by atoms with E-state index in [4.69, 9.17) is 16.6 Å². The normalized spacial score (nSPS) is 11.1. The van der Waals surface area contributed by atoms with Crippen LogP contribution in [0.4, 0.5) is 0 Å². The van der Waals surface area contributed by atoms with Crippen LogP contribution in [0, 0.1) is 6.92 Å². The first kappa shape index (κ1) is 24.1. The van der Waals surface area contributed by atoms with Crippen molar-refractivity contribution >= 4 is 40.3 Å². The molecule has 0 aliphatic carbocycles. The summed E-state index contributed by atoms with van der Waals surface area (Å²) in [7, 11) is 0. The van der Waals surface area contributed by atoms with E-state index >= 15 is 0 Å². The Morgan fingerprint density at radius 1 is 0.972 bits per heavy atom. The number of aromatic nitrogens is 3. The van der Waals surface area contributed by atoms with Crippen molar-refractivity contribution in [3.63, 3.8) is 0 Å². The lowest BCUT2D eigenvalue weighted by atomic mass is 10.1. The number of imidazole rings is 1. The third kappa shape index (κ3) is 5.45. The van der Waals surface area contributed by atoms with Gasteiger partial charge in [-0.3, -0.25) is 9.78 Å². The molecule has 0 fully saturated rings. The van der Waals surface area contributed by atoms with Crippen LogP contribution in [0.1, 0.15) is 32.6 Å². The molecular formula is C29H25ClN4OS. The predicted molar refractivity (Wildman–Crippen MR) is 146 cm³/mol. The lowest BCUT2D eigenvalue weighted by Crippen LogP contribution is -2.22. The van der Waals surface area contributed by atoms with E-state index in [0.29, 0.717) is 17.1 Å². The minimum atomic E-state index is -0.123. The molecule has 0 atom stereocenters. The monoisotopic (exact) mass is 512 g/mol. The Bertz CT molecular complexity index is 1510. The second kappa shape index (κ2) is 11.0. The minimum absolute atomic E-state index is 0.123. The number of halogens is 1. The first-order valence-electron chi connectivity index (χ1n) is 11.7. The largest absolute Gasteiger partial charge is 0.348 e. The van der Waals surface area contributed by atoms with Gasteiger partial charge in [0.05, 0.1) is 23.8 Å². The zero-order valence-corrected chi connectivity index (χ0v) is 21.4. The van der Waals surface area contributed by atoms with Gasteiger partial charge in [-0.1, -0.05) is 78.0 Å². The second-order valence-electron chi connectivity index (χ2n) is 8.53. The van der Waals surface area contributed by atoms with Crippen LogP contribution in [-0.2, 0) is 18.8 Å². The van der Waals surface area contributed by atoms with E-state index in [-0.39, 0.29) is 5.91 Å². The highest BCUT2D eigenvalue weighted by molar-refractivity contribution is 7.98. The summed E-state index contributed by atoms with van der Waals surface area (Å²) in [5.41, 5.74) is 7.10. The minimum Gasteiger partial charge on any atom is -0.348 e. The molecule has 0 aliphatic rings. The Labute approximate surface area is 219 Å². The van der Waals surface area contributed by atoms with Crippen LogP contribution in [0.25, 0.3) is 11.0 Å². The van der Waals surface area contributed by atoms with Gasteiger partial charge in [0.2, 0.25) is 0 Å². The predicted octanol–water partition coefficient (Wildman–Crippen LogP) is 6.66. The summed E-state index contributed by atoms with van der Waals surface area (Å²) < 4.78 is 2.23. The fourth-order valence-electron chi connectivity index (χ4n) is 3.99. The average molecular weight is 513 g/mol. The zero-order chi connectivity index (χ0) is 24.9. The lowest BCUT2D eigenvalue weighted by Gasteiger charge is -2.11. The van der Waals surface area contributed by atoms with Gasteiger partial charge in [0.1, 0.15) is 0 Å². The molecule has 0 aliphatic heterocycles. The molecule has 1 N–H and O–H groups in total. The summed E-state index contributed by atoms with van der Waals surface area (Å²) >= 11 is 7.87.